The largest absolute Gasteiger partial charge is 0.543 e. The number of carbonyl (C=O) groups is 1. The Morgan fingerprint density at radius 2 is 1.56 bits per heavy atom. The minimum Gasteiger partial charge on any atom is -0.543 e. The van der Waals surface area contributed by atoms with E-state index in [2.05, 4.69) is 35.2 Å². The van der Waals surface area contributed by atoms with Gasteiger partial charge in [-0.2, -0.15) is 17.6 Å². The van der Waals surface area contributed by atoms with E-state index in [1.165, 1.54) is 30.6 Å². The predicted octanol–water partition coefficient (Wildman–Crippen LogP) is 7.85. The van der Waals surface area contributed by atoms with E-state index in [1.54, 1.807) is 34.8 Å². The number of rotatable bonds is 11. The van der Waals surface area contributed by atoms with Gasteiger partial charge in [0.2, 0.25) is 0 Å². The lowest BCUT2D eigenvalue weighted by molar-refractivity contribution is -0.0692. The van der Waals surface area contributed by atoms with E-state index >= 15 is 0 Å². The molecule has 0 bridgehead atoms. The summed E-state index contributed by atoms with van der Waals surface area (Å²) in [6.45, 7) is 3.99. The van der Waals surface area contributed by atoms with E-state index < -0.39 is 39.0 Å². The van der Waals surface area contributed by atoms with Crippen molar-refractivity contribution in [2.24, 2.45) is 0 Å². The molecule has 0 saturated heterocycles. The molecule has 0 spiro atoms. The number of hydrogen-bond acceptors (Lipinski definition) is 8. The molecule has 2 aromatic carbocycles. The van der Waals surface area contributed by atoms with E-state index in [1.807, 2.05) is 13.1 Å². The minimum absolute atomic E-state index is 0.180. The highest BCUT2D eigenvalue weighted by atomic mass is 32.1. The molecular formula is C26H30F4N2O5SSi. The number of methoxy groups -OCH3 is 1. The molecule has 0 N–H and O–H groups in total. The third-order valence-electron chi connectivity index (χ3n) is 6.32. The molecule has 3 rings (SSSR count). The zero-order chi connectivity index (χ0) is 29.0. The van der Waals surface area contributed by atoms with Gasteiger partial charge >= 0.3 is 19.2 Å². The Balaban J connectivity index is 2.16. The summed E-state index contributed by atoms with van der Waals surface area (Å²) in [6, 6.07) is 8.66. The average Bonchev–Trinajstić information content (AvgIpc) is 3.35. The maximum absolute atomic E-state index is 13.1. The van der Waals surface area contributed by atoms with Crippen molar-refractivity contribution in [1.82, 2.24) is 4.98 Å². The zero-order valence-electron chi connectivity index (χ0n) is 22.3. The molecule has 0 aliphatic carbocycles. The number of esters is 1. The highest BCUT2D eigenvalue weighted by Crippen LogP contribution is 2.42. The SMILES string of the molecule is COC(=O)c1ccc(N(Cc2cncs2)c2ccc(OC(F)F)c(OC(F)F)c2)cc1O[Si](C)(C)C(C)(C)C. The maximum atomic E-state index is 13.1. The molecule has 0 radical (unpaired) electrons. The fraction of sp³-hybridized carbons (Fsp3) is 0.385. The Kier molecular flexibility index (Phi) is 9.49. The highest BCUT2D eigenvalue weighted by Gasteiger charge is 2.40. The lowest BCUT2D eigenvalue weighted by atomic mass is 10.1. The first-order chi connectivity index (χ1) is 18.2. The smallest absolute Gasteiger partial charge is 0.387 e. The van der Waals surface area contributed by atoms with Gasteiger partial charge in [0, 0.05) is 34.6 Å². The van der Waals surface area contributed by atoms with E-state index in [0.29, 0.717) is 17.1 Å². The van der Waals surface area contributed by atoms with Crippen LogP contribution >= 0.6 is 11.3 Å². The Bertz CT molecular complexity index is 1270. The summed E-state index contributed by atoms with van der Waals surface area (Å²) in [5.41, 5.74) is 2.75. The highest BCUT2D eigenvalue weighted by molar-refractivity contribution is 7.09. The van der Waals surface area contributed by atoms with Gasteiger partial charge in [0.1, 0.15) is 11.3 Å². The Morgan fingerprint density at radius 3 is 2.10 bits per heavy atom. The molecule has 7 nitrogen and oxygen atoms in total. The second kappa shape index (κ2) is 12.2. The molecule has 0 saturated carbocycles. The van der Waals surface area contributed by atoms with Crippen molar-refractivity contribution < 1.29 is 41.0 Å². The van der Waals surface area contributed by atoms with Crippen molar-refractivity contribution in [1.29, 1.82) is 0 Å². The van der Waals surface area contributed by atoms with Crippen molar-refractivity contribution in [3.8, 4) is 17.2 Å². The van der Waals surface area contributed by atoms with Crippen molar-refractivity contribution in [2.75, 3.05) is 12.0 Å². The van der Waals surface area contributed by atoms with E-state index in [4.69, 9.17) is 9.16 Å². The van der Waals surface area contributed by atoms with E-state index in [-0.39, 0.29) is 17.1 Å². The molecular weight excluding hydrogens is 556 g/mol. The first-order valence-electron chi connectivity index (χ1n) is 11.8. The van der Waals surface area contributed by atoms with Crippen molar-refractivity contribution in [3.63, 3.8) is 0 Å². The number of thiazole rings is 1. The lowest BCUT2D eigenvalue weighted by Gasteiger charge is -2.37. The van der Waals surface area contributed by atoms with E-state index in [9.17, 15) is 22.4 Å². The molecule has 3 aromatic rings. The fourth-order valence-corrected chi connectivity index (χ4v) is 4.93. The van der Waals surface area contributed by atoms with Crippen molar-refractivity contribution in [2.45, 2.75) is 58.7 Å². The van der Waals surface area contributed by atoms with Crippen LogP contribution in [-0.2, 0) is 11.3 Å². The van der Waals surface area contributed by atoms with Gasteiger partial charge in [-0.1, -0.05) is 20.8 Å². The number of nitrogens with zero attached hydrogens (tertiary/aromatic N) is 2. The summed E-state index contributed by atoms with van der Waals surface area (Å²) in [5.74, 6) is -1.36. The van der Waals surface area contributed by atoms with Gasteiger partial charge < -0.3 is 23.5 Å². The van der Waals surface area contributed by atoms with Crippen LogP contribution in [0.15, 0.2) is 48.1 Å². The van der Waals surface area contributed by atoms with Gasteiger partial charge in [0.25, 0.3) is 8.32 Å². The summed E-state index contributed by atoms with van der Waals surface area (Å²) in [7, 11) is -1.14. The number of aromatic nitrogens is 1. The number of ether oxygens (including phenoxy) is 3. The zero-order valence-corrected chi connectivity index (χ0v) is 24.2. The third kappa shape index (κ3) is 7.63. The van der Waals surface area contributed by atoms with E-state index in [0.717, 1.165) is 10.9 Å². The molecule has 39 heavy (non-hydrogen) atoms. The molecule has 212 valence electrons. The van der Waals surface area contributed by atoms with Crippen LogP contribution in [0.4, 0.5) is 28.9 Å². The van der Waals surface area contributed by atoms with Crippen LogP contribution in [0.2, 0.25) is 18.1 Å². The molecule has 0 atom stereocenters. The third-order valence-corrected chi connectivity index (χ3v) is 11.4. The van der Waals surface area contributed by atoms with Crippen molar-refractivity contribution in [3.05, 3.63) is 58.5 Å². The molecule has 0 amide bonds. The summed E-state index contributed by atoms with van der Waals surface area (Å²) < 4.78 is 72.3. The molecule has 0 aliphatic heterocycles. The quantitative estimate of drug-likeness (QED) is 0.129. The second-order valence-corrected chi connectivity index (χ2v) is 15.7. The summed E-state index contributed by atoms with van der Waals surface area (Å²) >= 11 is 1.37. The van der Waals surface area contributed by atoms with Gasteiger partial charge in [0.15, 0.2) is 11.5 Å². The summed E-state index contributed by atoms with van der Waals surface area (Å²) in [5, 5.41) is -0.180. The first-order valence-corrected chi connectivity index (χ1v) is 15.6. The van der Waals surface area contributed by atoms with Crippen LogP contribution in [0.1, 0.15) is 36.0 Å². The van der Waals surface area contributed by atoms with Gasteiger partial charge in [-0.3, -0.25) is 4.98 Å². The first kappa shape index (κ1) is 30.2. The number of halogens is 4. The van der Waals surface area contributed by atoms with Crippen LogP contribution in [-0.4, -0.2) is 39.6 Å². The van der Waals surface area contributed by atoms with Gasteiger partial charge in [-0.25, -0.2) is 4.79 Å². The summed E-state index contributed by atoms with van der Waals surface area (Å²) in [6.07, 6.45) is 1.65. The number of alkyl halides is 4. The Hall–Kier alpha value is -3.32. The van der Waals surface area contributed by atoms with Gasteiger partial charge in [-0.05, 0) is 42.4 Å². The van der Waals surface area contributed by atoms with Crippen LogP contribution in [0.5, 0.6) is 17.2 Å². The number of carbonyl (C=O) groups excluding carboxylic acids is 1. The molecule has 1 aromatic heterocycles. The monoisotopic (exact) mass is 586 g/mol. The number of anilines is 2. The Morgan fingerprint density at radius 1 is 0.974 bits per heavy atom. The summed E-state index contributed by atoms with van der Waals surface area (Å²) in [4.78, 5) is 19.2. The standard InChI is InChI=1S/C26H30F4N2O5SSi/c1-26(2,3)39(5,6)37-21-11-16(7-9-19(21)23(33)34-4)32(14-18-13-31-15-38-18)17-8-10-20(35-24(27)28)22(12-17)36-25(29)30/h7-13,15,24-25H,14H2,1-6H3. The lowest BCUT2D eigenvalue weighted by Crippen LogP contribution is -2.44. The van der Waals surface area contributed by atoms with Crippen molar-refractivity contribution >= 4 is 37.0 Å². The minimum atomic E-state index is -3.26. The topological polar surface area (TPSA) is 70.1 Å². The van der Waals surface area contributed by atoms with Gasteiger partial charge in [0.05, 0.1) is 19.2 Å². The van der Waals surface area contributed by atoms with Crippen LogP contribution in [0.3, 0.4) is 0 Å². The Labute approximate surface area is 229 Å². The van der Waals surface area contributed by atoms with Gasteiger partial charge in [-0.15, -0.1) is 11.3 Å². The fourth-order valence-electron chi connectivity index (χ4n) is 3.32. The van der Waals surface area contributed by atoms with Crippen LogP contribution < -0.4 is 18.8 Å². The molecule has 0 fully saturated rings. The normalized spacial score (nSPS) is 12.0. The molecule has 0 unspecified atom stereocenters. The second-order valence-electron chi connectivity index (χ2n) is 9.98. The van der Waals surface area contributed by atoms with Crippen LogP contribution in [0, 0.1) is 0 Å². The molecule has 0 aliphatic rings. The predicted molar refractivity (Wildman–Crippen MR) is 143 cm³/mol. The number of hydrogen-bond donors (Lipinski definition) is 0. The average molecular weight is 587 g/mol. The molecule has 1 heterocycles. The maximum Gasteiger partial charge on any atom is 0.387 e. The number of benzene rings is 2. The van der Waals surface area contributed by atoms with Crippen LogP contribution in [0.25, 0.3) is 0 Å². The molecule has 13 heteroatoms.